The zero-order valence-corrected chi connectivity index (χ0v) is 9.66. The maximum Gasteiger partial charge on any atom is 0.206 e. The largest absolute Gasteiger partial charge is 0.497 e. The van der Waals surface area contributed by atoms with Crippen LogP contribution in [-0.2, 0) is 4.74 Å². The van der Waals surface area contributed by atoms with E-state index in [9.17, 15) is 9.18 Å². The van der Waals surface area contributed by atoms with E-state index in [1.165, 1.54) is 24.3 Å². The van der Waals surface area contributed by atoms with E-state index < -0.39 is 11.6 Å². The summed E-state index contributed by atoms with van der Waals surface area (Å²) in [6.07, 6.45) is 0. The fourth-order valence-corrected chi connectivity index (χ4v) is 1.32. The summed E-state index contributed by atoms with van der Waals surface area (Å²) in [7, 11) is 0. The molecule has 0 amide bonds. The number of Topliss-reactive ketones (excluding diaryl/α,β-unsaturated/α-hetero) is 1. The zero-order chi connectivity index (χ0) is 12.8. The highest BCUT2D eigenvalue weighted by molar-refractivity contribution is 6.11. The minimum Gasteiger partial charge on any atom is -0.497 e. The van der Waals surface area contributed by atoms with Gasteiger partial charge >= 0.3 is 0 Å². The Kier molecular flexibility index (Phi) is 4.41. The molecule has 0 unspecified atom stereocenters. The molecule has 17 heavy (non-hydrogen) atoms. The molecule has 1 aromatic carbocycles. The lowest BCUT2D eigenvalue weighted by Crippen LogP contribution is -2.06. The lowest BCUT2D eigenvalue weighted by molar-refractivity contribution is 0.103. The zero-order valence-electron chi connectivity index (χ0n) is 9.66. The van der Waals surface area contributed by atoms with Gasteiger partial charge < -0.3 is 4.74 Å². The first-order chi connectivity index (χ1) is 8.10. The molecule has 0 aromatic heterocycles. The van der Waals surface area contributed by atoms with E-state index in [1.54, 1.807) is 13.8 Å². The van der Waals surface area contributed by atoms with Gasteiger partial charge in [0, 0.05) is 5.56 Å². The minimum absolute atomic E-state index is 0.0570. The predicted octanol–water partition coefficient (Wildman–Crippen LogP) is 2.84. The van der Waals surface area contributed by atoms with Crippen LogP contribution < -0.4 is 0 Å². The van der Waals surface area contributed by atoms with Crippen molar-refractivity contribution in [3.05, 3.63) is 47.0 Å². The van der Waals surface area contributed by atoms with Gasteiger partial charge in [0.1, 0.15) is 23.2 Å². The highest BCUT2D eigenvalue weighted by Crippen LogP contribution is 2.13. The van der Waals surface area contributed by atoms with E-state index in [0.717, 1.165) is 0 Å². The van der Waals surface area contributed by atoms with Crippen molar-refractivity contribution in [2.75, 3.05) is 6.61 Å². The molecule has 0 radical (unpaired) electrons. The van der Waals surface area contributed by atoms with Gasteiger partial charge in [-0.1, -0.05) is 0 Å². The number of nitrogens with zero attached hydrogens (tertiary/aromatic N) is 1. The predicted molar refractivity (Wildman–Crippen MR) is 60.7 cm³/mol. The Bertz CT molecular complexity index is 483. The molecule has 0 aliphatic carbocycles. The van der Waals surface area contributed by atoms with E-state index in [0.29, 0.717) is 6.61 Å². The number of hydrogen-bond donors (Lipinski definition) is 0. The van der Waals surface area contributed by atoms with Gasteiger partial charge in [0.2, 0.25) is 5.78 Å². The molecule has 0 saturated heterocycles. The number of carbonyl (C=O) groups is 1. The molecular weight excluding hydrogens is 221 g/mol. The SMILES string of the molecule is CCO/C(C)=C(\C#N)C(=O)c1ccc(F)cc1. The third-order valence-corrected chi connectivity index (χ3v) is 2.16. The van der Waals surface area contributed by atoms with Crippen molar-refractivity contribution in [3.63, 3.8) is 0 Å². The Hall–Kier alpha value is -2.15. The molecule has 0 fully saturated rings. The normalized spacial score (nSPS) is 11.4. The molecule has 0 spiro atoms. The first-order valence-electron chi connectivity index (χ1n) is 5.14. The average molecular weight is 233 g/mol. The molecule has 0 bridgehead atoms. The van der Waals surface area contributed by atoms with E-state index in [4.69, 9.17) is 10.00 Å². The monoisotopic (exact) mass is 233 g/mol. The summed E-state index contributed by atoms with van der Waals surface area (Å²) in [5.74, 6) is -0.603. The Morgan fingerprint density at radius 3 is 2.47 bits per heavy atom. The van der Waals surface area contributed by atoms with Crippen LogP contribution in [0.2, 0.25) is 0 Å². The van der Waals surface area contributed by atoms with Crippen molar-refractivity contribution in [1.29, 1.82) is 5.26 Å². The van der Waals surface area contributed by atoms with E-state index in [-0.39, 0.29) is 16.9 Å². The average Bonchev–Trinajstić information content (AvgIpc) is 2.31. The number of carbonyl (C=O) groups excluding carboxylic acids is 1. The van der Waals surface area contributed by atoms with Crippen molar-refractivity contribution in [2.45, 2.75) is 13.8 Å². The smallest absolute Gasteiger partial charge is 0.206 e. The van der Waals surface area contributed by atoms with Crippen LogP contribution >= 0.6 is 0 Å². The van der Waals surface area contributed by atoms with Gasteiger partial charge in [-0.25, -0.2) is 4.39 Å². The third-order valence-electron chi connectivity index (χ3n) is 2.16. The van der Waals surface area contributed by atoms with Crippen LogP contribution in [0.1, 0.15) is 24.2 Å². The van der Waals surface area contributed by atoms with Crippen molar-refractivity contribution >= 4 is 5.78 Å². The van der Waals surface area contributed by atoms with Crippen molar-refractivity contribution in [3.8, 4) is 6.07 Å². The molecule has 0 aliphatic rings. The van der Waals surface area contributed by atoms with E-state index in [2.05, 4.69) is 0 Å². The summed E-state index contributed by atoms with van der Waals surface area (Å²) >= 11 is 0. The van der Waals surface area contributed by atoms with Gasteiger partial charge in [-0.05, 0) is 38.1 Å². The fourth-order valence-electron chi connectivity index (χ4n) is 1.32. The second kappa shape index (κ2) is 5.80. The summed E-state index contributed by atoms with van der Waals surface area (Å²) in [6.45, 7) is 3.71. The van der Waals surface area contributed by atoms with E-state index in [1.807, 2.05) is 6.07 Å². The van der Waals surface area contributed by atoms with Crippen LogP contribution in [0.3, 0.4) is 0 Å². The van der Waals surface area contributed by atoms with Crippen LogP contribution in [-0.4, -0.2) is 12.4 Å². The van der Waals surface area contributed by atoms with Crippen LogP contribution in [0.15, 0.2) is 35.6 Å². The van der Waals surface area contributed by atoms with Gasteiger partial charge in [0.05, 0.1) is 6.61 Å². The van der Waals surface area contributed by atoms with Crippen LogP contribution in [0.5, 0.6) is 0 Å². The molecule has 0 heterocycles. The summed E-state index contributed by atoms with van der Waals surface area (Å²) in [5.41, 5.74) is 0.209. The summed E-state index contributed by atoms with van der Waals surface area (Å²) in [5, 5.41) is 8.93. The Balaban J connectivity index is 3.07. The second-order valence-corrected chi connectivity index (χ2v) is 3.31. The van der Waals surface area contributed by atoms with Gasteiger partial charge in [-0.3, -0.25) is 4.79 Å². The fraction of sp³-hybridized carbons (Fsp3) is 0.231. The highest BCUT2D eigenvalue weighted by Gasteiger charge is 2.15. The Morgan fingerprint density at radius 1 is 1.41 bits per heavy atom. The van der Waals surface area contributed by atoms with Gasteiger partial charge in [-0.2, -0.15) is 5.26 Å². The van der Waals surface area contributed by atoms with Crippen LogP contribution in [0, 0.1) is 17.1 Å². The molecule has 4 heteroatoms. The van der Waals surface area contributed by atoms with Crippen molar-refractivity contribution in [1.82, 2.24) is 0 Å². The van der Waals surface area contributed by atoms with Crippen molar-refractivity contribution < 1.29 is 13.9 Å². The van der Waals surface area contributed by atoms with Gasteiger partial charge in [0.25, 0.3) is 0 Å². The minimum atomic E-state index is -0.460. The Morgan fingerprint density at radius 2 is 2.00 bits per heavy atom. The maximum atomic E-state index is 12.7. The standard InChI is InChI=1S/C13H12FNO2/c1-3-17-9(2)12(8-15)13(16)10-4-6-11(14)7-5-10/h4-7H,3H2,1-2H3/b12-9+. The van der Waals surface area contributed by atoms with Crippen LogP contribution in [0.4, 0.5) is 4.39 Å². The van der Waals surface area contributed by atoms with Crippen LogP contribution in [0.25, 0.3) is 0 Å². The topological polar surface area (TPSA) is 50.1 Å². The molecule has 1 aromatic rings. The number of rotatable bonds is 4. The summed E-state index contributed by atoms with van der Waals surface area (Å²) < 4.78 is 17.8. The number of hydrogen-bond acceptors (Lipinski definition) is 3. The lowest BCUT2D eigenvalue weighted by Gasteiger charge is -2.05. The van der Waals surface area contributed by atoms with Gasteiger partial charge in [-0.15, -0.1) is 0 Å². The van der Waals surface area contributed by atoms with Crippen molar-refractivity contribution in [2.24, 2.45) is 0 Å². The second-order valence-electron chi connectivity index (χ2n) is 3.31. The van der Waals surface area contributed by atoms with E-state index >= 15 is 0 Å². The first-order valence-corrected chi connectivity index (χ1v) is 5.14. The molecule has 88 valence electrons. The van der Waals surface area contributed by atoms with Gasteiger partial charge in [0.15, 0.2) is 0 Å². The number of halogens is 1. The molecular formula is C13H12FNO2. The molecule has 0 aliphatic heterocycles. The molecule has 1 rings (SSSR count). The number of nitriles is 1. The number of allylic oxidation sites excluding steroid dienone is 2. The number of benzene rings is 1. The maximum absolute atomic E-state index is 12.7. The quantitative estimate of drug-likeness (QED) is 0.348. The lowest BCUT2D eigenvalue weighted by atomic mass is 10.0. The molecule has 0 saturated carbocycles. The molecule has 0 atom stereocenters. The molecule has 3 nitrogen and oxygen atoms in total. The molecule has 0 N–H and O–H groups in total. The summed E-state index contributed by atoms with van der Waals surface area (Å²) in [4.78, 5) is 11.9. The summed E-state index contributed by atoms with van der Waals surface area (Å²) in [6, 6.07) is 6.85. The highest BCUT2D eigenvalue weighted by atomic mass is 19.1. The number of ether oxygens (including phenoxy) is 1. The Labute approximate surface area is 99.1 Å². The third kappa shape index (κ3) is 3.15. The first kappa shape index (κ1) is 12.9. The number of ketones is 1.